The van der Waals surface area contributed by atoms with Gasteiger partial charge in [-0.15, -0.1) is 0 Å². The number of hydrogen-bond donors (Lipinski definition) is 4. The fourth-order valence-corrected chi connectivity index (χ4v) is 6.68. The summed E-state index contributed by atoms with van der Waals surface area (Å²) in [5.41, 5.74) is 25.4. The summed E-state index contributed by atoms with van der Waals surface area (Å²) in [6.45, 7) is 0. The smallest absolute Gasteiger partial charge is 0.115 e. The van der Waals surface area contributed by atoms with Gasteiger partial charge in [-0.2, -0.15) is 0 Å². The number of nitrogens with two attached hydrogens (primary N) is 2. The summed E-state index contributed by atoms with van der Waals surface area (Å²) >= 11 is 0. The van der Waals surface area contributed by atoms with Crippen molar-refractivity contribution in [1.29, 1.82) is 0 Å². The van der Waals surface area contributed by atoms with Crippen molar-refractivity contribution in [2.75, 3.05) is 11.5 Å². The summed E-state index contributed by atoms with van der Waals surface area (Å²) in [4.78, 5) is 0. The molecule has 0 unspecified atom stereocenters. The van der Waals surface area contributed by atoms with Crippen LogP contribution in [0.5, 0.6) is 11.5 Å². The number of phenolic OH excluding ortho intramolecular Hbond substituents is 2. The van der Waals surface area contributed by atoms with E-state index in [2.05, 4.69) is 72.8 Å². The van der Waals surface area contributed by atoms with Crippen LogP contribution in [-0.4, -0.2) is 10.2 Å². The normalized spacial score (nSPS) is 12.9. The Balaban J connectivity index is 1.46. The zero-order valence-electron chi connectivity index (χ0n) is 23.7. The van der Waals surface area contributed by atoms with Crippen LogP contribution in [0.25, 0.3) is 11.1 Å². The molecule has 6 N–H and O–H groups in total. The van der Waals surface area contributed by atoms with E-state index in [1.165, 1.54) is 22.3 Å². The van der Waals surface area contributed by atoms with E-state index in [0.717, 1.165) is 44.8 Å². The van der Waals surface area contributed by atoms with E-state index in [-0.39, 0.29) is 11.5 Å². The maximum atomic E-state index is 9.81. The average Bonchev–Trinajstić information content (AvgIpc) is 3.33. The Morgan fingerprint density at radius 3 is 1.28 bits per heavy atom. The molecular weight excluding hydrogens is 528 g/mol. The molecule has 0 saturated heterocycles. The lowest BCUT2D eigenvalue weighted by atomic mass is 9.67. The first-order valence-electron chi connectivity index (χ1n) is 14.5. The molecule has 0 radical (unpaired) electrons. The lowest BCUT2D eigenvalue weighted by Crippen LogP contribution is -2.29. The number of phenols is 2. The van der Waals surface area contributed by atoms with Crippen LogP contribution in [-0.2, 0) is 18.3 Å². The lowest BCUT2D eigenvalue weighted by molar-refractivity contribution is 0.474. The Hall–Kier alpha value is -5.48. The van der Waals surface area contributed by atoms with Gasteiger partial charge in [0.15, 0.2) is 0 Å². The van der Waals surface area contributed by atoms with E-state index in [0.29, 0.717) is 12.8 Å². The molecular formula is C39H32N2O2. The molecule has 0 amide bonds. The van der Waals surface area contributed by atoms with Gasteiger partial charge >= 0.3 is 0 Å². The van der Waals surface area contributed by atoms with Crippen LogP contribution in [0.15, 0.2) is 133 Å². The molecule has 0 spiro atoms. The quantitative estimate of drug-likeness (QED) is 0.156. The van der Waals surface area contributed by atoms with Gasteiger partial charge in [-0.25, -0.2) is 0 Å². The fraction of sp³-hybridized carbons (Fsp3) is 0.0769. The van der Waals surface area contributed by atoms with E-state index in [1.807, 2.05) is 36.4 Å². The van der Waals surface area contributed by atoms with Gasteiger partial charge in [0.1, 0.15) is 11.5 Å². The number of hydrogen-bond acceptors (Lipinski definition) is 4. The van der Waals surface area contributed by atoms with E-state index < -0.39 is 5.41 Å². The van der Waals surface area contributed by atoms with Crippen LogP contribution in [0, 0.1) is 0 Å². The molecule has 0 aromatic heterocycles. The highest BCUT2D eigenvalue weighted by atomic mass is 16.3. The van der Waals surface area contributed by atoms with E-state index in [4.69, 9.17) is 11.5 Å². The van der Waals surface area contributed by atoms with Gasteiger partial charge in [0, 0.05) is 11.4 Å². The van der Waals surface area contributed by atoms with Gasteiger partial charge in [-0.1, -0.05) is 97.1 Å². The summed E-state index contributed by atoms with van der Waals surface area (Å²) in [5.74, 6) is 0.491. The van der Waals surface area contributed by atoms with E-state index in [1.54, 1.807) is 24.3 Å². The standard InChI is InChI=1S/C39H32N2O2/c40-37-19-13-29(23-27(37)21-25-9-15-31(42)16-10-25)39(35-7-3-1-5-33(35)34-6-2-4-8-36(34)39)30-14-20-38(41)28(24-30)22-26-11-17-32(43)18-12-26/h1-20,23-24,42-43H,21-22,40-41H2. The third-order valence-corrected chi connectivity index (χ3v) is 8.77. The van der Waals surface area contributed by atoms with E-state index >= 15 is 0 Å². The topological polar surface area (TPSA) is 92.5 Å². The summed E-state index contributed by atoms with van der Waals surface area (Å²) in [7, 11) is 0. The molecule has 0 atom stereocenters. The van der Waals surface area contributed by atoms with Crippen LogP contribution in [0.3, 0.4) is 0 Å². The maximum Gasteiger partial charge on any atom is 0.115 e. The monoisotopic (exact) mass is 560 g/mol. The zero-order valence-corrected chi connectivity index (χ0v) is 23.7. The number of anilines is 2. The minimum absolute atomic E-state index is 0.245. The summed E-state index contributed by atoms with van der Waals surface area (Å²) in [6.07, 6.45) is 1.29. The second kappa shape index (κ2) is 10.4. The Bertz CT molecular complexity index is 1820. The number of rotatable bonds is 6. The second-order valence-electron chi connectivity index (χ2n) is 11.4. The molecule has 7 rings (SSSR count). The van der Waals surface area contributed by atoms with Gasteiger partial charge in [0.05, 0.1) is 5.41 Å². The highest BCUT2D eigenvalue weighted by Crippen LogP contribution is 2.56. The van der Waals surface area contributed by atoms with Crippen LogP contribution >= 0.6 is 0 Å². The second-order valence-corrected chi connectivity index (χ2v) is 11.4. The highest BCUT2D eigenvalue weighted by molar-refractivity contribution is 5.86. The molecule has 0 heterocycles. The molecule has 6 aromatic rings. The van der Waals surface area contributed by atoms with Crippen LogP contribution in [0.1, 0.15) is 44.5 Å². The molecule has 210 valence electrons. The van der Waals surface area contributed by atoms with Gasteiger partial charge in [-0.3, -0.25) is 0 Å². The lowest BCUT2D eigenvalue weighted by Gasteiger charge is -2.35. The van der Waals surface area contributed by atoms with Crippen LogP contribution in [0.2, 0.25) is 0 Å². The number of nitrogen functional groups attached to an aromatic ring is 2. The molecule has 0 aliphatic heterocycles. The van der Waals surface area contributed by atoms with Gasteiger partial charge in [0.2, 0.25) is 0 Å². The molecule has 4 heteroatoms. The van der Waals surface area contributed by atoms with Crippen molar-refractivity contribution in [2.24, 2.45) is 0 Å². The summed E-state index contributed by atoms with van der Waals surface area (Å²) < 4.78 is 0. The first-order valence-corrected chi connectivity index (χ1v) is 14.5. The SMILES string of the molecule is Nc1ccc(C2(c3ccc(N)c(Cc4ccc(O)cc4)c3)c3ccccc3-c3ccccc32)cc1Cc1ccc(O)cc1. The van der Waals surface area contributed by atoms with Crippen molar-refractivity contribution in [2.45, 2.75) is 18.3 Å². The van der Waals surface area contributed by atoms with E-state index in [9.17, 15) is 10.2 Å². The Kier molecular flexibility index (Phi) is 6.40. The Morgan fingerprint density at radius 2 is 0.860 bits per heavy atom. The molecule has 1 aliphatic carbocycles. The van der Waals surface area contributed by atoms with Crippen LogP contribution in [0.4, 0.5) is 11.4 Å². The van der Waals surface area contributed by atoms with Crippen molar-refractivity contribution in [3.05, 3.63) is 178 Å². The zero-order chi connectivity index (χ0) is 29.6. The maximum absolute atomic E-state index is 9.81. The minimum Gasteiger partial charge on any atom is -0.508 e. The molecule has 1 aliphatic rings. The first kappa shape index (κ1) is 26.4. The van der Waals surface area contributed by atoms with Gasteiger partial charge in [-0.05, 0) is 105 Å². The number of aromatic hydroxyl groups is 2. The molecule has 43 heavy (non-hydrogen) atoms. The Morgan fingerprint density at radius 1 is 0.465 bits per heavy atom. The van der Waals surface area contributed by atoms with Crippen molar-refractivity contribution >= 4 is 11.4 Å². The van der Waals surface area contributed by atoms with Gasteiger partial charge < -0.3 is 21.7 Å². The van der Waals surface area contributed by atoms with Crippen molar-refractivity contribution in [1.82, 2.24) is 0 Å². The first-order chi connectivity index (χ1) is 20.9. The molecule has 4 nitrogen and oxygen atoms in total. The minimum atomic E-state index is -0.595. The average molecular weight is 561 g/mol. The summed E-state index contributed by atoms with van der Waals surface area (Å²) in [5, 5.41) is 19.6. The number of benzene rings is 6. The third kappa shape index (κ3) is 4.48. The highest BCUT2D eigenvalue weighted by Gasteiger charge is 2.46. The summed E-state index contributed by atoms with van der Waals surface area (Å²) in [6, 6.07) is 44.8. The predicted molar refractivity (Wildman–Crippen MR) is 174 cm³/mol. The molecule has 0 saturated carbocycles. The van der Waals surface area contributed by atoms with Gasteiger partial charge in [0.25, 0.3) is 0 Å². The van der Waals surface area contributed by atoms with Crippen molar-refractivity contribution < 1.29 is 10.2 Å². The molecule has 6 aromatic carbocycles. The van der Waals surface area contributed by atoms with Crippen molar-refractivity contribution in [3.63, 3.8) is 0 Å². The van der Waals surface area contributed by atoms with Crippen LogP contribution < -0.4 is 11.5 Å². The Labute approximate surface area is 251 Å². The third-order valence-electron chi connectivity index (χ3n) is 8.77. The van der Waals surface area contributed by atoms with Crippen molar-refractivity contribution in [3.8, 4) is 22.6 Å². The fourth-order valence-electron chi connectivity index (χ4n) is 6.68. The largest absolute Gasteiger partial charge is 0.508 e. The number of fused-ring (bicyclic) bond motifs is 3. The predicted octanol–water partition coefficient (Wildman–Crippen LogP) is 7.81. The molecule has 0 bridgehead atoms. The molecule has 0 fully saturated rings.